The molecule has 3 aliphatic rings. The number of carbonyl (C=O) groups excluding carboxylic acids is 1. The smallest absolute Gasteiger partial charge is 0.252 e. The number of amides is 1. The Labute approximate surface area is 151 Å². The Morgan fingerprint density at radius 2 is 2.23 bits per heavy atom. The number of ether oxygens (including phenoxy) is 2. The number of hydrogen-bond donors (Lipinski definition) is 0. The van der Waals surface area contributed by atoms with Gasteiger partial charge in [-0.1, -0.05) is 23.4 Å². The third kappa shape index (κ3) is 2.49. The van der Waals surface area contributed by atoms with Crippen LogP contribution in [-0.2, 0) is 21.6 Å². The molecule has 1 aromatic carbocycles. The molecule has 2 fully saturated rings. The molecule has 26 heavy (non-hydrogen) atoms. The van der Waals surface area contributed by atoms with E-state index in [1.54, 1.807) is 6.92 Å². The fourth-order valence-electron chi connectivity index (χ4n) is 4.22. The van der Waals surface area contributed by atoms with Gasteiger partial charge in [0.05, 0.1) is 12.7 Å². The summed E-state index contributed by atoms with van der Waals surface area (Å²) in [5, 5.41) is 3.74. The van der Waals surface area contributed by atoms with Gasteiger partial charge < -0.3 is 18.9 Å². The molecule has 7 heteroatoms. The van der Waals surface area contributed by atoms with Crippen LogP contribution in [-0.4, -0.2) is 46.7 Å². The molecular formula is C19H21N3O4. The Bertz CT molecular complexity index is 845. The van der Waals surface area contributed by atoms with Crippen LogP contribution in [0, 0.1) is 12.8 Å². The Kier molecular flexibility index (Phi) is 3.53. The Balaban J connectivity index is 1.17. The highest BCUT2D eigenvalue weighted by Gasteiger charge is 2.62. The van der Waals surface area contributed by atoms with Gasteiger partial charge in [-0.25, -0.2) is 0 Å². The normalized spacial score (nSPS) is 27.0. The van der Waals surface area contributed by atoms with Gasteiger partial charge >= 0.3 is 0 Å². The van der Waals surface area contributed by atoms with Crippen LogP contribution in [0.15, 0.2) is 28.8 Å². The summed E-state index contributed by atoms with van der Waals surface area (Å²) in [5.74, 6) is 2.34. The van der Waals surface area contributed by atoms with E-state index in [9.17, 15) is 4.79 Å². The molecule has 5 rings (SSSR count). The Morgan fingerprint density at radius 1 is 1.38 bits per heavy atom. The van der Waals surface area contributed by atoms with Crippen molar-refractivity contribution >= 4 is 5.91 Å². The number of rotatable bonds is 4. The first kappa shape index (κ1) is 15.8. The molecule has 2 atom stereocenters. The Morgan fingerprint density at radius 3 is 3.04 bits per heavy atom. The second kappa shape index (κ2) is 5.81. The van der Waals surface area contributed by atoms with Crippen LogP contribution < -0.4 is 4.74 Å². The number of carbonyl (C=O) groups is 1. The van der Waals surface area contributed by atoms with E-state index in [1.165, 1.54) is 5.56 Å². The first-order valence-corrected chi connectivity index (χ1v) is 9.07. The van der Waals surface area contributed by atoms with Gasteiger partial charge in [0.25, 0.3) is 5.89 Å². The first-order valence-electron chi connectivity index (χ1n) is 9.07. The number of nitrogens with zero attached hydrogens (tertiary/aromatic N) is 3. The monoisotopic (exact) mass is 355 g/mol. The third-order valence-corrected chi connectivity index (χ3v) is 5.77. The zero-order valence-corrected chi connectivity index (χ0v) is 14.7. The van der Waals surface area contributed by atoms with Gasteiger partial charge in [-0.3, -0.25) is 4.79 Å². The largest absolute Gasteiger partial charge is 0.493 e. The molecule has 3 heterocycles. The summed E-state index contributed by atoms with van der Waals surface area (Å²) in [6.07, 6.45) is 1.89. The number of benzene rings is 1. The average Bonchev–Trinajstić information content (AvgIpc) is 3.17. The van der Waals surface area contributed by atoms with Crippen molar-refractivity contribution in [2.24, 2.45) is 5.92 Å². The molecule has 0 N–H and O–H groups in total. The zero-order valence-electron chi connectivity index (χ0n) is 14.7. The number of hydrogen-bond acceptors (Lipinski definition) is 6. The van der Waals surface area contributed by atoms with Crippen LogP contribution in [0.1, 0.15) is 30.1 Å². The van der Waals surface area contributed by atoms with Crippen molar-refractivity contribution in [1.29, 1.82) is 0 Å². The number of aromatic nitrogens is 2. The fraction of sp³-hybridized carbons (Fsp3) is 0.526. The lowest BCUT2D eigenvalue weighted by molar-refractivity contribution is -0.148. The second-order valence-corrected chi connectivity index (χ2v) is 7.42. The first-order chi connectivity index (χ1) is 12.7. The molecule has 1 amide bonds. The van der Waals surface area contributed by atoms with Gasteiger partial charge in [0, 0.05) is 30.0 Å². The molecule has 0 bridgehead atoms. The molecule has 1 aromatic heterocycles. The minimum absolute atomic E-state index is 0.0147. The van der Waals surface area contributed by atoms with Gasteiger partial charge in [-0.2, -0.15) is 4.98 Å². The van der Waals surface area contributed by atoms with Crippen LogP contribution in [0.25, 0.3) is 0 Å². The highest BCUT2D eigenvalue weighted by atomic mass is 16.5. The van der Waals surface area contributed by atoms with Crippen LogP contribution in [0.2, 0.25) is 0 Å². The summed E-state index contributed by atoms with van der Waals surface area (Å²) >= 11 is 0. The molecule has 1 spiro atoms. The van der Waals surface area contributed by atoms with Crippen molar-refractivity contribution in [3.63, 3.8) is 0 Å². The van der Waals surface area contributed by atoms with Gasteiger partial charge in [0.1, 0.15) is 12.4 Å². The predicted octanol–water partition coefficient (Wildman–Crippen LogP) is 1.85. The predicted molar refractivity (Wildman–Crippen MR) is 90.5 cm³/mol. The van der Waals surface area contributed by atoms with Gasteiger partial charge in [0.2, 0.25) is 5.91 Å². The summed E-state index contributed by atoms with van der Waals surface area (Å²) in [4.78, 5) is 18.9. The van der Waals surface area contributed by atoms with E-state index in [2.05, 4.69) is 16.2 Å². The number of likely N-dealkylation sites (tertiary alicyclic amines) is 1. The molecular weight excluding hydrogens is 334 g/mol. The maximum Gasteiger partial charge on any atom is 0.252 e. The van der Waals surface area contributed by atoms with E-state index in [-0.39, 0.29) is 23.3 Å². The van der Waals surface area contributed by atoms with E-state index in [0.717, 1.165) is 18.6 Å². The molecule has 7 nitrogen and oxygen atoms in total. The van der Waals surface area contributed by atoms with E-state index in [0.29, 0.717) is 38.0 Å². The van der Waals surface area contributed by atoms with E-state index >= 15 is 0 Å². The van der Waals surface area contributed by atoms with Crippen LogP contribution in [0.3, 0.4) is 0 Å². The molecule has 136 valence electrons. The molecule has 1 saturated carbocycles. The summed E-state index contributed by atoms with van der Waals surface area (Å²) in [6, 6.07) is 8.13. The van der Waals surface area contributed by atoms with E-state index < -0.39 is 0 Å². The standard InChI is InChI=1S/C19H21N3O4/c1-12-20-17(26-21-12)11-25-13-9-22(10-13)18(23)15-8-19(15)6-7-24-16-5-3-2-4-14(16)19/h2-5,13,15H,6-11H2,1H3/t15-,19-/m0/s1. The van der Waals surface area contributed by atoms with Crippen molar-refractivity contribution < 1.29 is 18.8 Å². The topological polar surface area (TPSA) is 77.7 Å². The van der Waals surface area contributed by atoms with Crippen molar-refractivity contribution in [3.05, 3.63) is 41.5 Å². The van der Waals surface area contributed by atoms with Crippen LogP contribution in [0.5, 0.6) is 5.75 Å². The molecule has 0 unspecified atom stereocenters. The van der Waals surface area contributed by atoms with Gasteiger partial charge in [0.15, 0.2) is 5.82 Å². The number of para-hydroxylation sites is 1. The number of fused-ring (bicyclic) bond motifs is 2. The summed E-state index contributed by atoms with van der Waals surface area (Å²) in [5.41, 5.74) is 1.18. The molecule has 1 aliphatic carbocycles. The quantitative estimate of drug-likeness (QED) is 0.833. The maximum absolute atomic E-state index is 12.9. The fourth-order valence-corrected chi connectivity index (χ4v) is 4.22. The minimum atomic E-state index is -0.0147. The van der Waals surface area contributed by atoms with Crippen molar-refractivity contribution in [2.75, 3.05) is 19.7 Å². The summed E-state index contributed by atoms with van der Waals surface area (Å²) in [7, 11) is 0. The highest BCUT2D eigenvalue weighted by Crippen LogP contribution is 2.61. The van der Waals surface area contributed by atoms with E-state index in [4.69, 9.17) is 14.0 Å². The third-order valence-electron chi connectivity index (χ3n) is 5.77. The molecule has 1 saturated heterocycles. The Hall–Kier alpha value is -2.41. The van der Waals surface area contributed by atoms with Crippen molar-refractivity contribution in [2.45, 2.75) is 37.9 Å². The lowest BCUT2D eigenvalue weighted by atomic mass is 9.87. The molecule has 2 aliphatic heterocycles. The highest BCUT2D eigenvalue weighted by molar-refractivity contribution is 5.85. The lowest BCUT2D eigenvalue weighted by Gasteiger charge is -2.39. The summed E-state index contributed by atoms with van der Waals surface area (Å²) < 4.78 is 16.5. The van der Waals surface area contributed by atoms with Gasteiger partial charge in [-0.05, 0) is 25.8 Å². The van der Waals surface area contributed by atoms with Crippen molar-refractivity contribution in [3.8, 4) is 5.75 Å². The zero-order chi connectivity index (χ0) is 17.7. The molecule has 2 aromatic rings. The molecule has 0 radical (unpaired) electrons. The van der Waals surface area contributed by atoms with Crippen LogP contribution >= 0.6 is 0 Å². The lowest BCUT2D eigenvalue weighted by Crippen LogP contribution is -2.55. The second-order valence-electron chi connectivity index (χ2n) is 7.42. The van der Waals surface area contributed by atoms with Gasteiger partial charge in [-0.15, -0.1) is 0 Å². The van der Waals surface area contributed by atoms with Crippen molar-refractivity contribution in [1.82, 2.24) is 15.0 Å². The minimum Gasteiger partial charge on any atom is -0.493 e. The SMILES string of the molecule is Cc1noc(COC2CN(C(=O)[C@@H]3C[C@]34CCOc3ccccc34)C2)n1. The van der Waals surface area contributed by atoms with Crippen LogP contribution in [0.4, 0.5) is 0 Å². The summed E-state index contributed by atoms with van der Waals surface area (Å²) in [6.45, 7) is 4.03. The number of aryl methyl sites for hydroxylation is 1. The maximum atomic E-state index is 12.9. The van der Waals surface area contributed by atoms with E-state index in [1.807, 2.05) is 23.1 Å². The average molecular weight is 355 g/mol.